The molecule has 4 aliphatic heterocycles. The monoisotopic (exact) mass is 527 g/mol. The first-order valence-corrected chi connectivity index (χ1v) is 13.5. The van der Waals surface area contributed by atoms with E-state index in [0.717, 1.165) is 11.1 Å². The average Bonchev–Trinajstić information content (AvgIpc) is 3.20. The van der Waals surface area contributed by atoms with E-state index in [4.69, 9.17) is 4.74 Å². The van der Waals surface area contributed by atoms with E-state index in [9.17, 15) is 19.5 Å². The number of aliphatic hydroxyl groups excluding tert-OH is 1. The Bertz CT molecular complexity index is 1330. The van der Waals surface area contributed by atoms with Gasteiger partial charge in [0.1, 0.15) is 11.6 Å². The van der Waals surface area contributed by atoms with E-state index in [1.54, 1.807) is 9.80 Å². The summed E-state index contributed by atoms with van der Waals surface area (Å²) in [6, 6.07) is 18.5. The van der Waals surface area contributed by atoms with Crippen LogP contribution in [0.4, 0.5) is 0 Å². The van der Waals surface area contributed by atoms with Gasteiger partial charge in [-0.25, -0.2) is 0 Å². The Morgan fingerprint density at radius 1 is 0.795 bits per heavy atom. The lowest BCUT2D eigenvalue weighted by molar-refractivity contribution is -0.153. The van der Waals surface area contributed by atoms with Crippen molar-refractivity contribution in [2.75, 3.05) is 26.2 Å². The highest BCUT2D eigenvalue weighted by atomic mass is 16.5. The number of benzene rings is 2. The number of carbonyl (C=O) groups is 3. The fourth-order valence-electron chi connectivity index (χ4n) is 6.86. The number of carbonyl (C=O) groups excluding carboxylic acids is 3. The molecule has 1 unspecified atom stereocenters. The molecule has 2 aromatic rings. The molecule has 2 saturated heterocycles. The number of hydrogen-bond acceptors (Lipinski definition) is 5. The Labute approximate surface area is 228 Å². The topological polar surface area (TPSA) is 90.4 Å². The van der Waals surface area contributed by atoms with Crippen LogP contribution in [0.1, 0.15) is 18.1 Å². The third-order valence-corrected chi connectivity index (χ3v) is 8.50. The lowest BCUT2D eigenvalue weighted by Gasteiger charge is -2.37. The second-order valence-corrected chi connectivity index (χ2v) is 11.0. The SMILES string of the molecule is C[C@@]12C=CCN(Cc3ccccc3)C(=O)[C@@H]1[C@H]1C(=O)N(CCO)C3C(=O)N(Cc4ccccc4)CC=C[C@@]31O2. The predicted molar refractivity (Wildman–Crippen MR) is 144 cm³/mol. The van der Waals surface area contributed by atoms with E-state index >= 15 is 0 Å². The molecule has 8 heteroatoms. The highest BCUT2D eigenvalue weighted by molar-refractivity contribution is 6.00. The molecule has 8 nitrogen and oxygen atoms in total. The van der Waals surface area contributed by atoms with Crippen molar-refractivity contribution in [2.24, 2.45) is 11.8 Å². The van der Waals surface area contributed by atoms with Gasteiger partial charge in [0.25, 0.3) is 0 Å². The van der Waals surface area contributed by atoms with E-state index in [0.29, 0.717) is 26.2 Å². The minimum Gasteiger partial charge on any atom is -0.395 e. The van der Waals surface area contributed by atoms with Crippen molar-refractivity contribution in [1.29, 1.82) is 0 Å². The van der Waals surface area contributed by atoms with E-state index in [1.807, 2.05) is 91.9 Å². The van der Waals surface area contributed by atoms with E-state index in [2.05, 4.69) is 0 Å². The van der Waals surface area contributed by atoms with Crippen molar-refractivity contribution in [1.82, 2.24) is 14.7 Å². The molecule has 3 amide bonds. The van der Waals surface area contributed by atoms with Crippen LogP contribution in [0, 0.1) is 11.8 Å². The summed E-state index contributed by atoms with van der Waals surface area (Å²) in [6.45, 7) is 3.09. The Morgan fingerprint density at radius 3 is 1.95 bits per heavy atom. The Morgan fingerprint density at radius 2 is 1.36 bits per heavy atom. The molecule has 0 radical (unpaired) electrons. The summed E-state index contributed by atoms with van der Waals surface area (Å²) in [5, 5.41) is 9.88. The van der Waals surface area contributed by atoms with E-state index in [-0.39, 0.29) is 30.9 Å². The van der Waals surface area contributed by atoms with Crippen LogP contribution < -0.4 is 0 Å². The molecule has 5 atom stereocenters. The van der Waals surface area contributed by atoms with Gasteiger partial charge in [-0.3, -0.25) is 14.4 Å². The largest absolute Gasteiger partial charge is 0.395 e. The van der Waals surface area contributed by atoms with Crippen molar-refractivity contribution in [2.45, 2.75) is 37.3 Å². The summed E-state index contributed by atoms with van der Waals surface area (Å²) in [5.74, 6) is -2.44. The van der Waals surface area contributed by atoms with E-state index < -0.39 is 29.1 Å². The van der Waals surface area contributed by atoms with Crippen LogP contribution in [-0.2, 0) is 32.2 Å². The number of likely N-dealkylation sites (tertiary alicyclic amines) is 1. The zero-order chi connectivity index (χ0) is 27.2. The standard InChI is InChI=1S/C31H33N3O5/c1-30-14-8-16-32(20-22-10-4-2-5-11-22)27(36)24(30)25-28(37)34(18-19-35)26-29(38)33(17-9-15-31(25,26)39-30)21-23-12-6-3-7-13-23/h2-15,24-26,35H,16-21H2,1H3/t24-,25-,26?,30+,31-/m0/s1. The third kappa shape index (κ3) is 4.10. The molecular formula is C31H33N3O5. The van der Waals surface area contributed by atoms with Crippen LogP contribution in [0.3, 0.4) is 0 Å². The van der Waals surface area contributed by atoms with Crippen molar-refractivity contribution in [3.8, 4) is 0 Å². The summed E-state index contributed by atoms with van der Waals surface area (Å²) in [7, 11) is 0. The van der Waals surface area contributed by atoms with Gasteiger partial charge < -0.3 is 24.5 Å². The lowest BCUT2D eigenvalue weighted by atomic mass is 9.74. The maximum atomic E-state index is 14.2. The molecule has 1 N–H and O–H groups in total. The fourth-order valence-corrected chi connectivity index (χ4v) is 6.86. The van der Waals surface area contributed by atoms with Gasteiger partial charge in [-0.05, 0) is 18.1 Å². The van der Waals surface area contributed by atoms with Gasteiger partial charge in [-0.15, -0.1) is 0 Å². The molecule has 0 aliphatic carbocycles. The summed E-state index contributed by atoms with van der Waals surface area (Å²) in [5.41, 5.74) is -0.408. The Kier molecular flexibility index (Phi) is 6.40. The number of β-amino-alcohol motifs (C(OH)–C–C–N with tert-alkyl or cyclic N) is 1. The first kappa shape index (κ1) is 25.5. The number of nitrogens with zero attached hydrogens (tertiary/aromatic N) is 3. The molecule has 4 heterocycles. The van der Waals surface area contributed by atoms with Crippen LogP contribution in [0.15, 0.2) is 85.0 Å². The van der Waals surface area contributed by atoms with Crippen LogP contribution in [0.25, 0.3) is 0 Å². The van der Waals surface area contributed by atoms with Crippen LogP contribution in [-0.4, -0.2) is 81.0 Å². The lowest BCUT2D eigenvalue weighted by Crippen LogP contribution is -2.56. The maximum absolute atomic E-state index is 14.2. The maximum Gasteiger partial charge on any atom is 0.249 e. The Hall–Kier alpha value is -3.75. The van der Waals surface area contributed by atoms with Crippen molar-refractivity contribution in [3.05, 3.63) is 96.1 Å². The van der Waals surface area contributed by atoms with Gasteiger partial charge >= 0.3 is 0 Å². The number of fused-ring (bicyclic) bond motifs is 2. The van der Waals surface area contributed by atoms with Crippen molar-refractivity contribution >= 4 is 17.7 Å². The quantitative estimate of drug-likeness (QED) is 0.582. The molecule has 2 fully saturated rings. The van der Waals surface area contributed by atoms with E-state index in [1.165, 1.54) is 4.90 Å². The molecule has 39 heavy (non-hydrogen) atoms. The van der Waals surface area contributed by atoms with Gasteiger partial charge in [0.05, 0.1) is 24.0 Å². The summed E-state index contributed by atoms with van der Waals surface area (Å²) in [6.07, 6.45) is 7.53. The smallest absolute Gasteiger partial charge is 0.249 e. The number of ether oxygens (including phenoxy) is 1. The second-order valence-electron chi connectivity index (χ2n) is 11.0. The molecule has 0 bridgehead atoms. The fraction of sp³-hybridized carbons (Fsp3) is 0.387. The van der Waals surface area contributed by atoms with Crippen LogP contribution in [0.5, 0.6) is 0 Å². The molecule has 0 saturated carbocycles. The van der Waals surface area contributed by atoms with Gasteiger partial charge in [0, 0.05) is 32.7 Å². The minimum absolute atomic E-state index is 0.00887. The molecule has 2 aromatic carbocycles. The molecule has 6 rings (SSSR count). The molecule has 0 aromatic heterocycles. The second kappa shape index (κ2) is 9.77. The highest BCUT2D eigenvalue weighted by Crippen LogP contribution is 2.57. The molecule has 4 aliphatic rings. The number of hydrogen-bond donors (Lipinski definition) is 1. The summed E-state index contributed by atoms with van der Waals surface area (Å²) in [4.78, 5) is 47.4. The number of aliphatic hydroxyl groups is 1. The molecular weight excluding hydrogens is 494 g/mol. The molecule has 202 valence electrons. The zero-order valence-corrected chi connectivity index (χ0v) is 22.0. The molecule has 1 spiro atoms. The third-order valence-electron chi connectivity index (χ3n) is 8.50. The minimum atomic E-state index is -1.32. The zero-order valence-electron chi connectivity index (χ0n) is 22.0. The van der Waals surface area contributed by atoms with Crippen molar-refractivity contribution < 1.29 is 24.2 Å². The Balaban J connectivity index is 1.39. The van der Waals surface area contributed by atoms with Crippen molar-refractivity contribution in [3.63, 3.8) is 0 Å². The normalized spacial score (nSPS) is 31.7. The average molecular weight is 528 g/mol. The summed E-state index contributed by atoms with van der Waals surface area (Å²) >= 11 is 0. The highest BCUT2D eigenvalue weighted by Gasteiger charge is 2.74. The van der Waals surface area contributed by atoms with Crippen LogP contribution >= 0.6 is 0 Å². The number of amides is 3. The summed E-state index contributed by atoms with van der Waals surface area (Å²) < 4.78 is 6.80. The van der Waals surface area contributed by atoms with Crippen LogP contribution in [0.2, 0.25) is 0 Å². The van der Waals surface area contributed by atoms with Gasteiger partial charge in [-0.1, -0.05) is 85.0 Å². The van der Waals surface area contributed by atoms with Gasteiger partial charge in [0.2, 0.25) is 17.7 Å². The first-order valence-electron chi connectivity index (χ1n) is 13.5. The van der Waals surface area contributed by atoms with Gasteiger partial charge in [0.15, 0.2) is 0 Å². The first-order chi connectivity index (χ1) is 18.9. The van der Waals surface area contributed by atoms with Gasteiger partial charge in [-0.2, -0.15) is 0 Å². The number of rotatable bonds is 6. The predicted octanol–water partition coefficient (Wildman–Crippen LogP) is 2.15.